The molecule has 1 N–H and O–H groups in total. The van der Waals surface area contributed by atoms with E-state index in [1.807, 2.05) is 6.07 Å². The van der Waals surface area contributed by atoms with Crippen molar-refractivity contribution in [1.29, 1.82) is 0 Å². The lowest BCUT2D eigenvalue weighted by Crippen LogP contribution is -2.63. The highest BCUT2D eigenvalue weighted by Crippen LogP contribution is 2.35. The van der Waals surface area contributed by atoms with E-state index in [1.165, 1.54) is 15.6 Å². The Bertz CT molecular complexity index is 1100. The van der Waals surface area contributed by atoms with Crippen molar-refractivity contribution in [3.8, 4) is 11.5 Å². The first-order chi connectivity index (χ1) is 16.4. The molecule has 0 saturated carbocycles. The number of fused-ring (bicyclic) bond motifs is 2. The van der Waals surface area contributed by atoms with E-state index >= 15 is 0 Å². The van der Waals surface area contributed by atoms with Crippen LogP contribution in [-0.4, -0.2) is 71.7 Å². The summed E-state index contributed by atoms with van der Waals surface area (Å²) in [5, 5.41) is 7.15. The first kappa shape index (κ1) is 23.6. The van der Waals surface area contributed by atoms with Gasteiger partial charge in [-0.3, -0.25) is 14.3 Å². The molecule has 182 valence electrons. The van der Waals surface area contributed by atoms with Gasteiger partial charge in [-0.2, -0.15) is 5.10 Å². The number of nitrogens with one attached hydrogen (secondary N) is 1. The van der Waals surface area contributed by atoms with Crippen molar-refractivity contribution in [1.82, 2.24) is 20.0 Å². The lowest BCUT2D eigenvalue weighted by molar-refractivity contribution is -0.133. The Hall–Kier alpha value is -3.60. The number of esters is 1. The molecule has 1 aromatic carbocycles. The number of benzene rings is 1. The van der Waals surface area contributed by atoms with E-state index in [4.69, 9.17) is 18.9 Å². The monoisotopic (exact) mass is 472 g/mol. The molecule has 2 aromatic rings. The number of carbonyl (C=O) groups excluding carboxylic acids is 3. The maximum Gasteiger partial charge on any atom is 0.358 e. The molecule has 0 fully saturated rings. The minimum atomic E-state index is -1.26. The molecular formula is C23H28N4O7. The van der Waals surface area contributed by atoms with Gasteiger partial charge in [0.05, 0.1) is 13.2 Å². The molecule has 11 nitrogen and oxygen atoms in total. The molecule has 0 aliphatic carbocycles. The van der Waals surface area contributed by atoms with E-state index in [-0.39, 0.29) is 43.8 Å². The first-order valence-electron chi connectivity index (χ1n) is 11.1. The minimum Gasteiger partial charge on any atom is -0.461 e. The van der Waals surface area contributed by atoms with Gasteiger partial charge in [0, 0.05) is 32.9 Å². The number of hydrogen-bond donors (Lipinski definition) is 1. The highest BCUT2D eigenvalue weighted by atomic mass is 16.7. The van der Waals surface area contributed by atoms with Crippen LogP contribution in [0.1, 0.15) is 46.8 Å². The van der Waals surface area contributed by atoms with Gasteiger partial charge in [-0.15, -0.1) is 0 Å². The fraction of sp³-hybridized carbons (Fsp3) is 0.478. The van der Waals surface area contributed by atoms with Crippen LogP contribution in [0, 0.1) is 0 Å². The van der Waals surface area contributed by atoms with Gasteiger partial charge in [0.2, 0.25) is 12.7 Å². The molecular weight excluding hydrogens is 444 g/mol. The van der Waals surface area contributed by atoms with E-state index in [2.05, 4.69) is 10.4 Å². The van der Waals surface area contributed by atoms with Crippen molar-refractivity contribution in [2.24, 2.45) is 0 Å². The Labute approximate surface area is 196 Å². The Balaban J connectivity index is 1.65. The third kappa shape index (κ3) is 4.43. The third-order valence-electron chi connectivity index (χ3n) is 5.86. The molecule has 0 saturated heterocycles. The average Bonchev–Trinajstić information content (AvgIpc) is 3.46. The number of aromatic nitrogens is 2. The lowest BCUT2D eigenvalue weighted by atomic mass is 9.94. The maximum absolute atomic E-state index is 13.6. The molecule has 1 atom stereocenters. The molecule has 2 amide bonds. The normalized spacial score (nSPS) is 18.6. The quantitative estimate of drug-likeness (QED) is 0.429. The minimum absolute atomic E-state index is 0.0259. The standard InChI is InChI=1S/C23H28N4O7/c1-4-32-21(29)16-11-17-20(28)26(12-15-6-7-18-19(10-15)34-14-33-18)23(2,13-27(17)25-16)22(30)24-8-5-9-31-3/h6-7,10-11H,4-5,8-9,12-14H2,1-3H3,(H,24,30). The van der Waals surface area contributed by atoms with Crippen molar-refractivity contribution in [2.45, 2.75) is 38.9 Å². The molecule has 0 spiro atoms. The summed E-state index contributed by atoms with van der Waals surface area (Å²) in [6.07, 6.45) is 0.633. The van der Waals surface area contributed by atoms with Gasteiger partial charge in [-0.25, -0.2) is 4.79 Å². The summed E-state index contributed by atoms with van der Waals surface area (Å²) < 4.78 is 22.3. The van der Waals surface area contributed by atoms with Crippen molar-refractivity contribution >= 4 is 17.8 Å². The van der Waals surface area contributed by atoms with Crippen LogP contribution in [-0.2, 0) is 27.4 Å². The van der Waals surface area contributed by atoms with Crippen LogP contribution in [0.25, 0.3) is 0 Å². The number of ether oxygens (including phenoxy) is 4. The van der Waals surface area contributed by atoms with Crippen LogP contribution in [0.15, 0.2) is 24.3 Å². The zero-order valence-electron chi connectivity index (χ0n) is 19.5. The van der Waals surface area contributed by atoms with E-state index < -0.39 is 17.4 Å². The molecule has 0 bridgehead atoms. The molecule has 1 aromatic heterocycles. The predicted octanol–water partition coefficient (Wildman–Crippen LogP) is 1.36. The van der Waals surface area contributed by atoms with E-state index in [0.29, 0.717) is 31.1 Å². The van der Waals surface area contributed by atoms with Crippen LogP contribution >= 0.6 is 0 Å². The Morgan fingerprint density at radius 2 is 2.03 bits per heavy atom. The second-order valence-corrected chi connectivity index (χ2v) is 8.25. The number of hydrogen-bond acceptors (Lipinski definition) is 8. The topological polar surface area (TPSA) is 121 Å². The Morgan fingerprint density at radius 3 is 2.79 bits per heavy atom. The van der Waals surface area contributed by atoms with Gasteiger partial charge in [0.15, 0.2) is 17.2 Å². The van der Waals surface area contributed by atoms with Crippen molar-refractivity contribution < 1.29 is 33.3 Å². The summed E-state index contributed by atoms with van der Waals surface area (Å²) in [4.78, 5) is 40.7. The summed E-state index contributed by atoms with van der Waals surface area (Å²) in [6.45, 7) is 4.84. The first-order valence-corrected chi connectivity index (χ1v) is 11.1. The smallest absolute Gasteiger partial charge is 0.358 e. The number of amides is 2. The zero-order valence-corrected chi connectivity index (χ0v) is 19.5. The van der Waals surface area contributed by atoms with E-state index in [9.17, 15) is 14.4 Å². The van der Waals surface area contributed by atoms with Crippen LogP contribution in [0.4, 0.5) is 0 Å². The van der Waals surface area contributed by atoms with Crippen molar-refractivity contribution in [3.63, 3.8) is 0 Å². The van der Waals surface area contributed by atoms with Gasteiger partial charge in [0.25, 0.3) is 5.91 Å². The second kappa shape index (κ2) is 9.72. The van der Waals surface area contributed by atoms with Crippen molar-refractivity contribution in [3.05, 3.63) is 41.2 Å². The SMILES string of the molecule is CCOC(=O)c1cc2n(n1)CC(C)(C(=O)NCCCOC)N(Cc1ccc3c(c1)OCO3)C2=O. The number of nitrogens with zero attached hydrogens (tertiary/aromatic N) is 3. The van der Waals surface area contributed by atoms with Gasteiger partial charge in [-0.05, 0) is 38.0 Å². The number of carbonyl (C=O) groups is 3. The molecule has 1 unspecified atom stereocenters. The largest absolute Gasteiger partial charge is 0.461 e. The maximum atomic E-state index is 13.6. The van der Waals surface area contributed by atoms with E-state index in [1.54, 1.807) is 33.1 Å². The predicted molar refractivity (Wildman–Crippen MR) is 119 cm³/mol. The number of rotatable bonds is 9. The lowest BCUT2D eigenvalue weighted by Gasteiger charge is -2.43. The number of methoxy groups -OCH3 is 1. The molecule has 4 rings (SSSR count). The summed E-state index contributed by atoms with van der Waals surface area (Å²) in [5.74, 6) is -0.143. The molecule has 3 heterocycles. The summed E-state index contributed by atoms with van der Waals surface area (Å²) in [5.41, 5.74) is -0.244. The molecule has 2 aliphatic heterocycles. The summed E-state index contributed by atoms with van der Waals surface area (Å²) in [7, 11) is 1.59. The van der Waals surface area contributed by atoms with E-state index in [0.717, 1.165) is 5.56 Å². The van der Waals surface area contributed by atoms with Gasteiger partial charge >= 0.3 is 5.97 Å². The van der Waals surface area contributed by atoms with Crippen molar-refractivity contribution in [2.75, 3.05) is 33.7 Å². The molecule has 34 heavy (non-hydrogen) atoms. The second-order valence-electron chi connectivity index (χ2n) is 8.25. The molecule has 11 heteroatoms. The summed E-state index contributed by atoms with van der Waals surface area (Å²) in [6, 6.07) is 6.80. The van der Waals surface area contributed by atoms with Crippen LogP contribution in [0.2, 0.25) is 0 Å². The highest BCUT2D eigenvalue weighted by molar-refractivity contribution is 6.01. The average molecular weight is 472 g/mol. The molecule has 0 radical (unpaired) electrons. The fourth-order valence-electron chi connectivity index (χ4n) is 4.03. The fourth-order valence-corrected chi connectivity index (χ4v) is 4.03. The summed E-state index contributed by atoms with van der Waals surface area (Å²) >= 11 is 0. The van der Waals surface area contributed by atoms with Gasteiger partial charge in [-0.1, -0.05) is 6.07 Å². The Kier molecular flexibility index (Phi) is 6.73. The highest BCUT2D eigenvalue weighted by Gasteiger charge is 2.48. The van der Waals surface area contributed by atoms with Crippen LogP contribution in [0.5, 0.6) is 11.5 Å². The Morgan fingerprint density at radius 1 is 1.24 bits per heavy atom. The third-order valence-corrected chi connectivity index (χ3v) is 5.86. The zero-order chi connectivity index (χ0) is 24.3. The van der Waals surface area contributed by atoms with Gasteiger partial charge in [0.1, 0.15) is 11.2 Å². The van der Waals surface area contributed by atoms with Crippen LogP contribution in [0.3, 0.4) is 0 Å². The van der Waals surface area contributed by atoms with Gasteiger partial charge < -0.3 is 29.2 Å². The van der Waals surface area contributed by atoms with Crippen LogP contribution < -0.4 is 14.8 Å². The molecule has 2 aliphatic rings.